The fourth-order valence-electron chi connectivity index (χ4n) is 1.42. The predicted octanol–water partition coefficient (Wildman–Crippen LogP) is 2.51. The van der Waals surface area contributed by atoms with Crippen molar-refractivity contribution in [3.63, 3.8) is 0 Å². The number of furan rings is 1. The highest BCUT2D eigenvalue weighted by Gasteiger charge is 2.32. The van der Waals surface area contributed by atoms with Crippen LogP contribution in [0.1, 0.15) is 10.6 Å². The van der Waals surface area contributed by atoms with Gasteiger partial charge in [-0.25, -0.2) is 0 Å². The van der Waals surface area contributed by atoms with Gasteiger partial charge in [-0.1, -0.05) is 15.9 Å². The first-order valence-electron chi connectivity index (χ1n) is 4.30. The van der Waals surface area contributed by atoms with Gasteiger partial charge in [0.2, 0.25) is 5.76 Å². The Morgan fingerprint density at radius 3 is 2.86 bits per heavy atom. The van der Waals surface area contributed by atoms with Gasteiger partial charge in [-0.2, -0.15) is 0 Å². The molecule has 1 fully saturated rings. The molecular weight excluding hydrogens is 314 g/mol. The van der Waals surface area contributed by atoms with Gasteiger partial charge >= 0.3 is 0 Å². The molecule has 1 aromatic heterocycles. The molecule has 0 bridgehead atoms. The van der Waals surface area contributed by atoms with Crippen LogP contribution in [0.4, 0.5) is 0 Å². The first-order chi connectivity index (χ1) is 6.72. The van der Waals surface area contributed by atoms with Gasteiger partial charge in [0.05, 0.1) is 10.7 Å². The minimum Gasteiger partial charge on any atom is -0.458 e. The number of hydrogen-bond donors (Lipinski definition) is 0. The summed E-state index contributed by atoms with van der Waals surface area (Å²) in [5, 5.41) is 0.954. The van der Waals surface area contributed by atoms with Crippen molar-refractivity contribution in [3.05, 3.63) is 22.6 Å². The molecule has 0 atom stereocenters. The van der Waals surface area contributed by atoms with Crippen molar-refractivity contribution in [1.82, 2.24) is 4.90 Å². The van der Waals surface area contributed by atoms with Crippen LogP contribution in [0, 0.1) is 5.92 Å². The van der Waals surface area contributed by atoms with Gasteiger partial charge < -0.3 is 9.32 Å². The molecule has 0 N–H and O–H groups in total. The van der Waals surface area contributed by atoms with Gasteiger partial charge in [0.15, 0.2) is 0 Å². The van der Waals surface area contributed by atoms with Gasteiger partial charge in [0, 0.05) is 24.3 Å². The molecule has 0 spiro atoms. The number of carbonyl (C=O) groups excluding carboxylic acids is 1. The first kappa shape index (κ1) is 10.2. The molecule has 0 aliphatic carbocycles. The molecule has 14 heavy (non-hydrogen) atoms. The topological polar surface area (TPSA) is 33.5 Å². The summed E-state index contributed by atoms with van der Waals surface area (Å²) in [6.45, 7) is 1.63. The molecule has 76 valence electrons. The van der Waals surface area contributed by atoms with E-state index in [-0.39, 0.29) is 5.91 Å². The van der Waals surface area contributed by atoms with E-state index in [1.807, 2.05) is 0 Å². The zero-order valence-corrected chi connectivity index (χ0v) is 10.5. The second kappa shape index (κ2) is 4.06. The van der Waals surface area contributed by atoms with E-state index in [9.17, 15) is 4.79 Å². The number of amides is 1. The lowest BCUT2D eigenvalue weighted by Gasteiger charge is -2.37. The molecule has 1 aromatic rings. The molecule has 1 aliphatic heterocycles. The largest absolute Gasteiger partial charge is 0.458 e. The van der Waals surface area contributed by atoms with E-state index in [0.29, 0.717) is 11.7 Å². The lowest BCUT2D eigenvalue weighted by molar-refractivity contribution is 0.0505. The lowest BCUT2D eigenvalue weighted by atomic mass is 10.0. The van der Waals surface area contributed by atoms with Crippen LogP contribution in [0.5, 0.6) is 0 Å². The molecule has 0 aromatic carbocycles. The maximum Gasteiger partial charge on any atom is 0.290 e. The summed E-state index contributed by atoms with van der Waals surface area (Å²) in [7, 11) is 0. The van der Waals surface area contributed by atoms with E-state index in [2.05, 4.69) is 31.9 Å². The van der Waals surface area contributed by atoms with Crippen molar-refractivity contribution in [2.45, 2.75) is 0 Å². The molecule has 5 heteroatoms. The Morgan fingerprint density at radius 2 is 2.36 bits per heavy atom. The van der Waals surface area contributed by atoms with Gasteiger partial charge in [-0.05, 0) is 22.0 Å². The average molecular weight is 323 g/mol. The molecule has 1 saturated heterocycles. The molecule has 1 amide bonds. The Hall–Kier alpha value is -0.290. The minimum absolute atomic E-state index is 0.0286. The number of rotatable bonds is 2. The summed E-state index contributed by atoms with van der Waals surface area (Å²) in [6.07, 6.45) is 1.51. The molecule has 0 unspecified atom stereocenters. The van der Waals surface area contributed by atoms with E-state index < -0.39 is 0 Å². The Kier molecular flexibility index (Phi) is 2.97. The van der Waals surface area contributed by atoms with Crippen LogP contribution in [0.2, 0.25) is 0 Å². The van der Waals surface area contributed by atoms with Crippen molar-refractivity contribution in [2.24, 2.45) is 5.92 Å². The summed E-state index contributed by atoms with van der Waals surface area (Å²) in [5.74, 6) is 0.963. The van der Waals surface area contributed by atoms with Crippen molar-refractivity contribution in [3.8, 4) is 0 Å². The fourth-order valence-corrected chi connectivity index (χ4v) is 2.20. The predicted molar refractivity (Wildman–Crippen MR) is 59.6 cm³/mol. The number of hydrogen-bond acceptors (Lipinski definition) is 2. The van der Waals surface area contributed by atoms with Crippen LogP contribution in [-0.2, 0) is 0 Å². The van der Waals surface area contributed by atoms with Crippen LogP contribution in [0.15, 0.2) is 21.2 Å². The molecule has 0 saturated carbocycles. The molecular formula is C9H9Br2NO2. The normalized spacial score (nSPS) is 16.9. The summed E-state index contributed by atoms with van der Waals surface area (Å²) in [6, 6.07) is 1.73. The minimum atomic E-state index is -0.0286. The zero-order chi connectivity index (χ0) is 10.1. The third kappa shape index (κ3) is 1.75. The highest BCUT2D eigenvalue weighted by molar-refractivity contribution is 9.10. The quantitative estimate of drug-likeness (QED) is 0.784. The Morgan fingerprint density at radius 1 is 1.64 bits per heavy atom. The van der Waals surface area contributed by atoms with Gasteiger partial charge in [-0.15, -0.1) is 0 Å². The standard InChI is InChI=1S/C9H9Br2NO2/c10-3-6-4-12(5-6)9(13)8-7(11)1-2-14-8/h1-2,6H,3-5H2. The molecule has 0 radical (unpaired) electrons. The van der Waals surface area contributed by atoms with Crippen LogP contribution in [0.25, 0.3) is 0 Å². The number of alkyl halides is 1. The smallest absolute Gasteiger partial charge is 0.290 e. The third-order valence-corrected chi connectivity index (χ3v) is 3.81. The monoisotopic (exact) mass is 321 g/mol. The fraction of sp³-hybridized carbons (Fsp3) is 0.444. The van der Waals surface area contributed by atoms with Crippen LogP contribution in [0.3, 0.4) is 0 Å². The van der Waals surface area contributed by atoms with E-state index in [0.717, 1.165) is 22.9 Å². The average Bonchev–Trinajstić information content (AvgIpc) is 2.49. The molecule has 2 heterocycles. The van der Waals surface area contributed by atoms with E-state index in [4.69, 9.17) is 4.42 Å². The first-order valence-corrected chi connectivity index (χ1v) is 6.22. The Labute approximate surface area is 98.7 Å². The van der Waals surface area contributed by atoms with Gasteiger partial charge in [0.25, 0.3) is 5.91 Å². The van der Waals surface area contributed by atoms with Crippen molar-refractivity contribution in [1.29, 1.82) is 0 Å². The van der Waals surface area contributed by atoms with Crippen LogP contribution < -0.4 is 0 Å². The second-order valence-electron chi connectivity index (χ2n) is 3.33. The van der Waals surface area contributed by atoms with Crippen molar-refractivity contribution < 1.29 is 9.21 Å². The number of halogens is 2. The maximum atomic E-state index is 11.8. The summed E-state index contributed by atoms with van der Waals surface area (Å²) < 4.78 is 5.83. The van der Waals surface area contributed by atoms with E-state index in [1.54, 1.807) is 11.0 Å². The van der Waals surface area contributed by atoms with E-state index in [1.165, 1.54) is 6.26 Å². The third-order valence-electron chi connectivity index (χ3n) is 2.27. The van der Waals surface area contributed by atoms with E-state index >= 15 is 0 Å². The summed E-state index contributed by atoms with van der Waals surface area (Å²) in [5.41, 5.74) is 0. The summed E-state index contributed by atoms with van der Waals surface area (Å²) >= 11 is 6.67. The Balaban J connectivity index is 2.01. The van der Waals surface area contributed by atoms with Crippen molar-refractivity contribution >= 4 is 37.8 Å². The lowest BCUT2D eigenvalue weighted by Crippen LogP contribution is -2.50. The van der Waals surface area contributed by atoms with Crippen LogP contribution in [-0.4, -0.2) is 29.2 Å². The van der Waals surface area contributed by atoms with Gasteiger partial charge in [-0.3, -0.25) is 4.79 Å². The SMILES string of the molecule is O=C(c1occc1Br)N1CC(CBr)C1. The number of likely N-dealkylation sites (tertiary alicyclic amines) is 1. The highest BCUT2D eigenvalue weighted by atomic mass is 79.9. The second-order valence-corrected chi connectivity index (χ2v) is 4.83. The number of carbonyl (C=O) groups is 1. The number of nitrogens with zero attached hydrogens (tertiary/aromatic N) is 1. The molecule has 1 aliphatic rings. The van der Waals surface area contributed by atoms with Crippen molar-refractivity contribution in [2.75, 3.05) is 18.4 Å². The van der Waals surface area contributed by atoms with Crippen LogP contribution >= 0.6 is 31.9 Å². The molecule has 2 rings (SSSR count). The van der Waals surface area contributed by atoms with Gasteiger partial charge in [0.1, 0.15) is 0 Å². The summed E-state index contributed by atoms with van der Waals surface area (Å²) in [4.78, 5) is 13.5. The molecule has 3 nitrogen and oxygen atoms in total. The highest BCUT2D eigenvalue weighted by Crippen LogP contribution is 2.24. The maximum absolute atomic E-state index is 11.8. The zero-order valence-electron chi connectivity index (χ0n) is 7.37. The Bertz CT molecular complexity index is 344.